The molecule has 0 amide bonds. The van der Waals surface area contributed by atoms with Crippen LogP contribution in [0.15, 0.2) is 34.9 Å². The fourth-order valence-corrected chi connectivity index (χ4v) is 2.96. The van der Waals surface area contributed by atoms with Gasteiger partial charge in [-0.1, -0.05) is 29.8 Å². The number of hydrogen-bond donors (Lipinski definition) is 0. The van der Waals surface area contributed by atoms with Crippen LogP contribution >= 0.6 is 11.6 Å². The van der Waals surface area contributed by atoms with Crippen molar-refractivity contribution in [3.05, 3.63) is 58.0 Å². The van der Waals surface area contributed by atoms with Gasteiger partial charge in [0.15, 0.2) is 5.78 Å². The van der Waals surface area contributed by atoms with E-state index in [0.717, 1.165) is 33.9 Å². The Bertz CT molecular complexity index is 613. The number of hydrogen-bond acceptors (Lipinski definition) is 2. The molecule has 1 atom stereocenters. The molecular formula is C15H13ClO2. The lowest BCUT2D eigenvalue weighted by atomic mass is 9.82. The number of halogens is 1. The Labute approximate surface area is 111 Å². The summed E-state index contributed by atoms with van der Waals surface area (Å²) in [6.07, 6.45) is 2.92. The largest absolute Gasteiger partial charge is 0.468 e. The first-order valence-electron chi connectivity index (χ1n) is 6.01. The summed E-state index contributed by atoms with van der Waals surface area (Å²) in [5.74, 6) is 1.09. The Kier molecular flexibility index (Phi) is 2.75. The van der Waals surface area contributed by atoms with E-state index in [-0.39, 0.29) is 11.7 Å². The molecule has 0 fully saturated rings. The normalized spacial score (nSPS) is 18.8. The van der Waals surface area contributed by atoms with E-state index in [4.69, 9.17) is 16.0 Å². The number of fused-ring (bicyclic) bond motifs is 1. The van der Waals surface area contributed by atoms with E-state index in [2.05, 4.69) is 0 Å². The summed E-state index contributed by atoms with van der Waals surface area (Å²) in [7, 11) is 0. The van der Waals surface area contributed by atoms with Gasteiger partial charge in [-0.3, -0.25) is 4.79 Å². The van der Waals surface area contributed by atoms with E-state index in [9.17, 15) is 4.79 Å². The number of carbonyl (C=O) groups excluding carboxylic acids is 1. The van der Waals surface area contributed by atoms with Crippen molar-refractivity contribution in [2.75, 3.05) is 0 Å². The summed E-state index contributed by atoms with van der Waals surface area (Å²) < 4.78 is 5.48. The van der Waals surface area contributed by atoms with Gasteiger partial charge in [-0.25, -0.2) is 0 Å². The summed E-state index contributed by atoms with van der Waals surface area (Å²) in [5, 5.41) is 0.724. The topological polar surface area (TPSA) is 30.2 Å². The summed E-state index contributed by atoms with van der Waals surface area (Å²) >= 11 is 6.20. The molecule has 2 aromatic rings. The molecule has 0 saturated carbocycles. The van der Waals surface area contributed by atoms with Crippen LogP contribution in [0.5, 0.6) is 0 Å². The lowest BCUT2D eigenvalue weighted by Gasteiger charge is -2.21. The van der Waals surface area contributed by atoms with Crippen molar-refractivity contribution >= 4 is 17.4 Å². The van der Waals surface area contributed by atoms with Crippen LogP contribution in [0.1, 0.15) is 39.6 Å². The highest BCUT2D eigenvalue weighted by Gasteiger charge is 2.30. The van der Waals surface area contributed by atoms with Gasteiger partial charge in [0.25, 0.3) is 0 Å². The molecule has 0 spiro atoms. The van der Waals surface area contributed by atoms with Gasteiger partial charge in [0.2, 0.25) is 0 Å². The molecular weight excluding hydrogens is 248 g/mol. The number of furan rings is 1. The minimum absolute atomic E-state index is 0.129. The van der Waals surface area contributed by atoms with Crippen molar-refractivity contribution in [2.24, 2.45) is 0 Å². The van der Waals surface area contributed by atoms with E-state index in [1.165, 1.54) is 0 Å². The van der Waals surface area contributed by atoms with Crippen LogP contribution < -0.4 is 0 Å². The minimum Gasteiger partial charge on any atom is -0.468 e. The molecule has 1 aromatic carbocycles. The van der Waals surface area contributed by atoms with Gasteiger partial charge < -0.3 is 4.42 Å². The summed E-state index contributed by atoms with van der Waals surface area (Å²) in [6, 6.07) is 7.71. The van der Waals surface area contributed by atoms with Gasteiger partial charge in [0.1, 0.15) is 5.76 Å². The monoisotopic (exact) mass is 260 g/mol. The fraction of sp³-hybridized carbons (Fsp3) is 0.267. The van der Waals surface area contributed by atoms with Crippen LogP contribution in [0.25, 0.3) is 0 Å². The molecule has 2 nitrogen and oxygen atoms in total. The maximum atomic E-state index is 12.2. The minimum atomic E-state index is 0.129. The first kappa shape index (κ1) is 11.5. The highest BCUT2D eigenvalue weighted by Crippen LogP contribution is 2.37. The van der Waals surface area contributed by atoms with E-state index in [0.29, 0.717) is 6.42 Å². The standard InChI is InChI=1S/C15H13ClO2/c1-9-8-18-14-7-10(6-13(17)15(9)14)11-4-2-3-5-12(11)16/h2-5,8,10H,6-7H2,1H3/t10-/m0/s1. The molecule has 3 rings (SSSR count). The van der Waals surface area contributed by atoms with Gasteiger partial charge >= 0.3 is 0 Å². The average Bonchev–Trinajstić information content (AvgIpc) is 2.72. The predicted octanol–water partition coefficient (Wildman–Crippen LogP) is 4.15. The van der Waals surface area contributed by atoms with E-state index < -0.39 is 0 Å². The SMILES string of the molecule is Cc1coc2c1C(=O)C[C@H](c1ccccc1Cl)C2. The lowest BCUT2D eigenvalue weighted by molar-refractivity contribution is 0.0960. The van der Waals surface area contributed by atoms with Gasteiger partial charge in [-0.2, -0.15) is 0 Å². The maximum Gasteiger partial charge on any atom is 0.167 e. The Balaban J connectivity index is 2.00. The molecule has 1 aromatic heterocycles. The van der Waals surface area contributed by atoms with Crippen molar-refractivity contribution in [3.63, 3.8) is 0 Å². The van der Waals surface area contributed by atoms with Crippen molar-refractivity contribution in [1.29, 1.82) is 0 Å². The number of carbonyl (C=O) groups is 1. The smallest absolute Gasteiger partial charge is 0.167 e. The van der Waals surface area contributed by atoms with Gasteiger partial charge in [-0.05, 0) is 30.0 Å². The molecule has 0 bridgehead atoms. The summed E-state index contributed by atoms with van der Waals surface area (Å²) in [5.41, 5.74) is 2.75. The zero-order valence-electron chi connectivity index (χ0n) is 10.1. The van der Waals surface area contributed by atoms with E-state index >= 15 is 0 Å². The molecule has 18 heavy (non-hydrogen) atoms. The second-order valence-electron chi connectivity index (χ2n) is 4.77. The Morgan fingerprint density at radius 1 is 1.28 bits per heavy atom. The first-order valence-corrected chi connectivity index (χ1v) is 6.39. The summed E-state index contributed by atoms with van der Waals surface area (Å²) in [6.45, 7) is 1.91. The molecule has 0 radical (unpaired) electrons. The molecule has 1 heterocycles. The van der Waals surface area contributed by atoms with Crippen LogP contribution in [-0.4, -0.2) is 5.78 Å². The summed E-state index contributed by atoms with van der Waals surface area (Å²) in [4.78, 5) is 12.2. The van der Waals surface area contributed by atoms with Crippen LogP contribution in [-0.2, 0) is 6.42 Å². The first-order chi connectivity index (χ1) is 8.66. The zero-order valence-corrected chi connectivity index (χ0v) is 10.8. The van der Waals surface area contributed by atoms with Crippen LogP contribution in [0.3, 0.4) is 0 Å². The van der Waals surface area contributed by atoms with Crippen molar-refractivity contribution in [2.45, 2.75) is 25.7 Å². The van der Waals surface area contributed by atoms with E-state index in [1.54, 1.807) is 6.26 Å². The second-order valence-corrected chi connectivity index (χ2v) is 5.17. The number of Topliss-reactive ketones (excluding diaryl/α,β-unsaturated/α-hetero) is 1. The van der Waals surface area contributed by atoms with Gasteiger partial charge in [0.05, 0.1) is 11.8 Å². The molecule has 0 unspecified atom stereocenters. The maximum absolute atomic E-state index is 12.2. The Hall–Kier alpha value is -1.54. The fourth-order valence-electron chi connectivity index (χ4n) is 2.67. The van der Waals surface area contributed by atoms with E-state index in [1.807, 2.05) is 31.2 Å². The molecule has 3 heteroatoms. The van der Waals surface area contributed by atoms with Crippen molar-refractivity contribution in [1.82, 2.24) is 0 Å². The number of ketones is 1. The zero-order chi connectivity index (χ0) is 12.7. The Morgan fingerprint density at radius 2 is 2.06 bits per heavy atom. The predicted molar refractivity (Wildman–Crippen MR) is 70.3 cm³/mol. The third kappa shape index (κ3) is 1.77. The molecule has 1 aliphatic carbocycles. The van der Waals surface area contributed by atoms with Crippen LogP contribution in [0.2, 0.25) is 5.02 Å². The third-order valence-electron chi connectivity index (χ3n) is 3.54. The van der Waals surface area contributed by atoms with Gasteiger partial charge in [0, 0.05) is 17.9 Å². The van der Waals surface area contributed by atoms with Crippen LogP contribution in [0, 0.1) is 6.92 Å². The number of aryl methyl sites for hydroxylation is 1. The lowest BCUT2D eigenvalue weighted by Crippen LogP contribution is -2.18. The van der Waals surface area contributed by atoms with Gasteiger partial charge in [-0.15, -0.1) is 0 Å². The van der Waals surface area contributed by atoms with Crippen molar-refractivity contribution < 1.29 is 9.21 Å². The number of benzene rings is 1. The third-order valence-corrected chi connectivity index (χ3v) is 3.88. The average molecular weight is 261 g/mol. The Morgan fingerprint density at radius 3 is 2.83 bits per heavy atom. The molecule has 92 valence electrons. The molecule has 0 aliphatic heterocycles. The molecule has 0 saturated heterocycles. The van der Waals surface area contributed by atoms with Crippen LogP contribution in [0.4, 0.5) is 0 Å². The highest BCUT2D eigenvalue weighted by atomic mass is 35.5. The van der Waals surface area contributed by atoms with Crippen molar-refractivity contribution in [3.8, 4) is 0 Å². The highest BCUT2D eigenvalue weighted by molar-refractivity contribution is 6.31. The second kappa shape index (κ2) is 4.29. The quantitative estimate of drug-likeness (QED) is 0.771. The number of rotatable bonds is 1. The molecule has 1 aliphatic rings. The molecule has 0 N–H and O–H groups in total.